The molecule has 3 aromatic rings. The summed E-state index contributed by atoms with van der Waals surface area (Å²) in [4.78, 5) is 28.9. The Kier molecular flexibility index (Phi) is 8.53. The zero-order valence-corrected chi connectivity index (χ0v) is 19.4. The molecular weight excluding hydrogens is 420 g/mol. The fourth-order valence-electron chi connectivity index (χ4n) is 3.73. The summed E-state index contributed by atoms with van der Waals surface area (Å²) in [6.07, 6.45) is 6.96. The minimum atomic E-state index is -0.252. The Hall–Kier alpha value is -3.03. The zero-order valence-electron chi connectivity index (χ0n) is 18.6. The molecule has 2 aromatic carbocycles. The van der Waals surface area contributed by atoms with E-state index < -0.39 is 0 Å². The minimum absolute atomic E-state index is 0.0899. The van der Waals surface area contributed by atoms with Crippen LogP contribution in [0.1, 0.15) is 41.9 Å². The fraction of sp³-hybridized carbons (Fsp3) is 0.320. The molecule has 1 saturated carbocycles. The van der Waals surface area contributed by atoms with Gasteiger partial charge in [0, 0.05) is 28.1 Å². The van der Waals surface area contributed by atoms with Gasteiger partial charge in [0.15, 0.2) is 5.01 Å². The predicted molar refractivity (Wildman–Crippen MR) is 133 cm³/mol. The predicted octanol–water partition coefficient (Wildman–Crippen LogP) is 4.99. The van der Waals surface area contributed by atoms with Gasteiger partial charge in [-0.2, -0.15) is 0 Å². The number of carbonyl (C=O) groups excluding carboxylic acids is 2. The molecule has 1 fully saturated rings. The number of fused-ring (bicyclic) bond motifs is 1. The molecule has 1 aliphatic rings. The van der Waals surface area contributed by atoms with Crippen LogP contribution in [0.25, 0.3) is 22.0 Å². The largest absolute Gasteiger partial charge is 0.347 e. The summed E-state index contributed by atoms with van der Waals surface area (Å²) in [6.45, 7) is 3.50. The number of amides is 2. The first-order valence-electron chi connectivity index (χ1n) is 10.9. The molecule has 4 rings (SSSR count). The molecule has 1 aromatic heterocycles. The van der Waals surface area contributed by atoms with Crippen LogP contribution >= 0.6 is 11.3 Å². The van der Waals surface area contributed by atoms with Gasteiger partial charge in [0.2, 0.25) is 5.91 Å². The first-order chi connectivity index (χ1) is 15.5. The SMILES string of the molecule is C=CC(=O)Nc1cccc2ccc(-c3csc(C(=O)NC4CCCCC4)n3)cc12.CNC. The summed E-state index contributed by atoms with van der Waals surface area (Å²) >= 11 is 1.36. The number of hydrogen-bond donors (Lipinski definition) is 3. The molecule has 2 amide bonds. The maximum absolute atomic E-state index is 12.6. The van der Waals surface area contributed by atoms with Gasteiger partial charge in [0.1, 0.15) is 0 Å². The molecule has 0 radical (unpaired) electrons. The van der Waals surface area contributed by atoms with E-state index in [1.807, 2.05) is 55.9 Å². The Balaban J connectivity index is 0.000000913. The van der Waals surface area contributed by atoms with Gasteiger partial charge < -0.3 is 16.0 Å². The van der Waals surface area contributed by atoms with Gasteiger partial charge in [-0.3, -0.25) is 9.59 Å². The average molecular weight is 451 g/mol. The van der Waals surface area contributed by atoms with Gasteiger partial charge in [0.25, 0.3) is 5.91 Å². The summed E-state index contributed by atoms with van der Waals surface area (Å²) in [6, 6.07) is 12.0. The molecule has 0 atom stereocenters. The van der Waals surface area contributed by atoms with E-state index in [9.17, 15) is 9.59 Å². The summed E-state index contributed by atoms with van der Waals surface area (Å²) in [5.74, 6) is -0.342. The van der Waals surface area contributed by atoms with E-state index in [2.05, 4.69) is 27.5 Å². The Bertz CT molecular complexity index is 1090. The van der Waals surface area contributed by atoms with Gasteiger partial charge in [-0.1, -0.05) is 50.1 Å². The molecule has 32 heavy (non-hydrogen) atoms. The zero-order chi connectivity index (χ0) is 22.9. The van der Waals surface area contributed by atoms with Crippen molar-refractivity contribution in [2.75, 3.05) is 19.4 Å². The van der Waals surface area contributed by atoms with Crippen LogP contribution < -0.4 is 16.0 Å². The molecule has 1 heterocycles. The third-order valence-electron chi connectivity index (χ3n) is 5.26. The van der Waals surface area contributed by atoms with E-state index in [-0.39, 0.29) is 17.9 Å². The Morgan fingerprint density at radius 3 is 2.59 bits per heavy atom. The van der Waals surface area contributed by atoms with Crippen LogP contribution in [0.2, 0.25) is 0 Å². The van der Waals surface area contributed by atoms with Crippen LogP contribution in [-0.2, 0) is 4.79 Å². The summed E-state index contributed by atoms with van der Waals surface area (Å²) < 4.78 is 0. The van der Waals surface area contributed by atoms with Crippen molar-refractivity contribution in [1.29, 1.82) is 0 Å². The van der Waals surface area contributed by atoms with Gasteiger partial charge >= 0.3 is 0 Å². The number of carbonyl (C=O) groups is 2. The highest BCUT2D eigenvalue weighted by molar-refractivity contribution is 7.12. The molecule has 0 bridgehead atoms. The lowest BCUT2D eigenvalue weighted by Crippen LogP contribution is -2.36. The number of nitrogens with zero attached hydrogens (tertiary/aromatic N) is 1. The third-order valence-corrected chi connectivity index (χ3v) is 6.10. The van der Waals surface area contributed by atoms with Crippen LogP contribution in [0, 0.1) is 0 Å². The molecule has 0 spiro atoms. The van der Waals surface area contributed by atoms with E-state index in [0.717, 1.165) is 40.6 Å². The van der Waals surface area contributed by atoms with Crippen molar-refractivity contribution in [2.24, 2.45) is 0 Å². The smallest absolute Gasteiger partial charge is 0.280 e. The van der Waals surface area contributed by atoms with Gasteiger partial charge in [-0.15, -0.1) is 11.3 Å². The van der Waals surface area contributed by atoms with Crippen molar-refractivity contribution in [1.82, 2.24) is 15.6 Å². The summed E-state index contributed by atoms with van der Waals surface area (Å²) in [5.41, 5.74) is 2.39. The van der Waals surface area contributed by atoms with Crippen LogP contribution in [-0.4, -0.2) is 36.9 Å². The Morgan fingerprint density at radius 1 is 1.12 bits per heavy atom. The number of thiazole rings is 1. The normalized spacial score (nSPS) is 13.7. The monoisotopic (exact) mass is 450 g/mol. The first kappa shape index (κ1) is 23.6. The van der Waals surface area contributed by atoms with Crippen molar-refractivity contribution in [3.05, 3.63) is 59.4 Å². The quantitative estimate of drug-likeness (QED) is 0.479. The number of hydrogen-bond acceptors (Lipinski definition) is 5. The molecular formula is C25H30N4O2S. The lowest BCUT2D eigenvalue weighted by Gasteiger charge is -2.22. The molecule has 6 nitrogen and oxygen atoms in total. The van der Waals surface area contributed by atoms with E-state index in [4.69, 9.17) is 0 Å². The first-order valence-corrected chi connectivity index (χ1v) is 11.7. The number of anilines is 1. The molecule has 0 aliphatic heterocycles. The lowest BCUT2D eigenvalue weighted by molar-refractivity contribution is -0.111. The summed E-state index contributed by atoms with van der Waals surface area (Å²) in [5, 5.41) is 13.0. The molecule has 1 aliphatic carbocycles. The van der Waals surface area contributed by atoms with Crippen molar-refractivity contribution < 1.29 is 9.59 Å². The van der Waals surface area contributed by atoms with Crippen LogP contribution in [0.15, 0.2) is 54.4 Å². The molecule has 168 valence electrons. The number of nitrogens with one attached hydrogen (secondary N) is 3. The van der Waals surface area contributed by atoms with E-state index in [1.54, 1.807) is 0 Å². The van der Waals surface area contributed by atoms with Gasteiger partial charge in [0.05, 0.1) is 5.69 Å². The highest BCUT2D eigenvalue weighted by Gasteiger charge is 2.19. The van der Waals surface area contributed by atoms with Crippen LogP contribution in [0.5, 0.6) is 0 Å². The molecule has 0 saturated heterocycles. The Morgan fingerprint density at radius 2 is 1.88 bits per heavy atom. The highest BCUT2D eigenvalue weighted by atomic mass is 32.1. The fourth-order valence-corrected chi connectivity index (χ4v) is 4.46. The van der Waals surface area contributed by atoms with Crippen molar-refractivity contribution >= 4 is 39.6 Å². The molecule has 7 heteroatoms. The van der Waals surface area contributed by atoms with Crippen LogP contribution in [0.3, 0.4) is 0 Å². The summed E-state index contributed by atoms with van der Waals surface area (Å²) in [7, 11) is 3.75. The molecule has 0 unspecified atom stereocenters. The maximum Gasteiger partial charge on any atom is 0.280 e. The minimum Gasteiger partial charge on any atom is -0.347 e. The second-order valence-corrected chi connectivity index (χ2v) is 8.64. The number of aromatic nitrogens is 1. The van der Waals surface area contributed by atoms with E-state index in [1.165, 1.54) is 36.7 Å². The second kappa shape index (κ2) is 11.5. The number of rotatable bonds is 5. The molecule has 3 N–H and O–H groups in total. The lowest BCUT2D eigenvalue weighted by atomic mass is 9.95. The van der Waals surface area contributed by atoms with Crippen molar-refractivity contribution in [3.63, 3.8) is 0 Å². The third kappa shape index (κ3) is 6.02. The van der Waals surface area contributed by atoms with Gasteiger partial charge in [-0.05, 0) is 50.5 Å². The number of benzene rings is 2. The van der Waals surface area contributed by atoms with E-state index >= 15 is 0 Å². The Labute approximate surface area is 193 Å². The van der Waals surface area contributed by atoms with Crippen molar-refractivity contribution in [3.8, 4) is 11.3 Å². The second-order valence-electron chi connectivity index (χ2n) is 7.78. The highest BCUT2D eigenvalue weighted by Crippen LogP contribution is 2.30. The van der Waals surface area contributed by atoms with E-state index in [0.29, 0.717) is 5.01 Å². The standard InChI is InChI=1S/C23H23N3O2S.C2H7N/c1-2-21(27)25-19-10-6-7-15-11-12-16(13-18(15)19)20-14-29-23(26-20)22(28)24-17-8-4-3-5-9-17;1-3-2/h2,6-7,10-14,17H,1,3-5,8-9H2,(H,24,28)(H,25,27);3H,1-2H3. The maximum atomic E-state index is 12.6. The van der Waals surface area contributed by atoms with Crippen LogP contribution in [0.4, 0.5) is 5.69 Å². The average Bonchev–Trinajstić information content (AvgIpc) is 3.31. The topological polar surface area (TPSA) is 83.1 Å². The van der Waals surface area contributed by atoms with Gasteiger partial charge in [-0.25, -0.2) is 4.98 Å². The van der Waals surface area contributed by atoms with Crippen molar-refractivity contribution in [2.45, 2.75) is 38.1 Å².